The normalized spacial score (nSPS) is 23.3. The summed E-state index contributed by atoms with van der Waals surface area (Å²) in [7, 11) is 0. The van der Waals surface area contributed by atoms with Crippen LogP contribution in [-0.4, -0.2) is 29.9 Å². The highest BCUT2D eigenvalue weighted by molar-refractivity contribution is 5.79. The third-order valence-electron chi connectivity index (χ3n) is 1.94. The Balaban J connectivity index is 2.58. The van der Waals surface area contributed by atoms with Gasteiger partial charge in [0, 0.05) is 6.54 Å². The number of hydrogen-bond donors (Lipinski definition) is 1. The predicted octanol–water partition coefficient (Wildman–Crippen LogP) is -0.431. The van der Waals surface area contributed by atoms with Gasteiger partial charge < -0.3 is 10.6 Å². The van der Waals surface area contributed by atoms with Crippen LogP contribution in [0.25, 0.3) is 0 Å². The molecular formula is C8H12N2O. The second-order valence-corrected chi connectivity index (χ2v) is 2.62. The van der Waals surface area contributed by atoms with Crippen LogP contribution in [0.15, 0.2) is 0 Å². The molecule has 0 aromatic heterocycles. The maximum absolute atomic E-state index is 11.1. The van der Waals surface area contributed by atoms with Gasteiger partial charge in [0.05, 0.1) is 12.6 Å². The highest BCUT2D eigenvalue weighted by Crippen LogP contribution is 2.15. The molecule has 0 aliphatic carbocycles. The lowest BCUT2D eigenvalue weighted by Gasteiger charge is -2.19. The molecule has 0 aromatic rings. The highest BCUT2D eigenvalue weighted by atomic mass is 16.2. The quantitative estimate of drug-likeness (QED) is 0.518. The van der Waals surface area contributed by atoms with Gasteiger partial charge in [0.15, 0.2) is 0 Å². The molecule has 2 N–H and O–H groups in total. The third-order valence-corrected chi connectivity index (χ3v) is 1.94. The molecule has 3 nitrogen and oxygen atoms in total. The molecule has 11 heavy (non-hydrogen) atoms. The highest BCUT2D eigenvalue weighted by Gasteiger charge is 2.25. The van der Waals surface area contributed by atoms with Crippen molar-refractivity contribution in [1.82, 2.24) is 4.90 Å². The average molecular weight is 152 g/mol. The number of likely N-dealkylation sites (tertiary alicyclic amines) is 1. The lowest BCUT2D eigenvalue weighted by molar-refractivity contribution is -0.129. The lowest BCUT2D eigenvalue weighted by Crippen LogP contribution is -2.38. The van der Waals surface area contributed by atoms with Crippen LogP contribution < -0.4 is 5.73 Å². The molecule has 1 unspecified atom stereocenters. The van der Waals surface area contributed by atoms with Crippen molar-refractivity contribution >= 4 is 5.91 Å². The predicted molar refractivity (Wildman–Crippen MR) is 42.6 cm³/mol. The molecular weight excluding hydrogens is 140 g/mol. The maximum Gasteiger partial charge on any atom is 0.237 e. The van der Waals surface area contributed by atoms with E-state index in [-0.39, 0.29) is 18.5 Å². The fourth-order valence-electron chi connectivity index (χ4n) is 1.36. The summed E-state index contributed by atoms with van der Waals surface area (Å²) in [6.07, 6.45) is 7.15. The number of rotatable bonds is 1. The van der Waals surface area contributed by atoms with Gasteiger partial charge in [-0.15, -0.1) is 6.42 Å². The molecule has 1 aliphatic rings. The topological polar surface area (TPSA) is 46.3 Å². The molecule has 1 rings (SSSR count). The summed E-state index contributed by atoms with van der Waals surface area (Å²) in [6, 6.07) is -0.00829. The van der Waals surface area contributed by atoms with Gasteiger partial charge in [0.2, 0.25) is 5.91 Å². The van der Waals surface area contributed by atoms with Gasteiger partial charge in [-0.2, -0.15) is 0 Å². The van der Waals surface area contributed by atoms with E-state index in [9.17, 15) is 4.79 Å². The molecule has 1 amide bonds. The minimum Gasteiger partial charge on any atom is -0.328 e. The van der Waals surface area contributed by atoms with E-state index in [1.165, 1.54) is 0 Å². The van der Waals surface area contributed by atoms with Gasteiger partial charge in [0.1, 0.15) is 0 Å². The Hall–Kier alpha value is -1.01. The molecule has 1 fully saturated rings. The third kappa shape index (κ3) is 1.52. The summed E-state index contributed by atoms with van der Waals surface area (Å²) < 4.78 is 0. The lowest BCUT2D eigenvalue weighted by atomic mass is 10.2. The molecule has 1 aliphatic heterocycles. The summed E-state index contributed by atoms with van der Waals surface area (Å²) in [4.78, 5) is 12.8. The fraction of sp³-hybridized carbons (Fsp3) is 0.625. The second kappa shape index (κ2) is 3.40. The van der Waals surface area contributed by atoms with Gasteiger partial charge in [0.25, 0.3) is 0 Å². The van der Waals surface area contributed by atoms with Crippen LogP contribution in [0.5, 0.6) is 0 Å². The van der Waals surface area contributed by atoms with Gasteiger partial charge in [-0.1, -0.05) is 5.92 Å². The molecule has 1 atom stereocenters. The van der Waals surface area contributed by atoms with Gasteiger partial charge in [-0.05, 0) is 12.8 Å². The molecule has 0 saturated carbocycles. The van der Waals surface area contributed by atoms with Crippen molar-refractivity contribution in [1.29, 1.82) is 0 Å². The van der Waals surface area contributed by atoms with Crippen LogP contribution in [0.1, 0.15) is 12.8 Å². The van der Waals surface area contributed by atoms with Crippen molar-refractivity contribution in [3.05, 3.63) is 0 Å². The van der Waals surface area contributed by atoms with Gasteiger partial charge in [-0.25, -0.2) is 0 Å². The summed E-state index contributed by atoms with van der Waals surface area (Å²) in [5.74, 6) is 2.54. The van der Waals surface area contributed by atoms with Crippen molar-refractivity contribution < 1.29 is 4.79 Å². The summed E-state index contributed by atoms with van der Waals surface area (Å²) in [6.45, 7) is 0.836. The average Bonchev–Trinajstić information content (AvgIpc) is 2.50. The Bertz CT molecular complexity index is 195. The van der Waals surface area contributed by atoms with Crippen molar-refractivity contribution in [3.63, 3.8) is 0 Å². The van der Waals surface area contributed by atoms with Crippen LogP contribution >= 0.6 is 0 Å². The van der Waals surface area contributed by atoms with E-state index < -0.39 is 0 Å². The van der Waals surface area contributed by atoms with Crippen LogP contribution in [0.3, 0.4) is 0 Å². The Morgan fingerprint density at radius 2 is 2.55 bits per heavy atom. The summed E-state index contributed by atoms with van der Waals surface area (Å²) in [5.41, 5.74) is 5.21. The first-order valence-electron chi connectivity index (χ1n) is 3.75. The zero-order valence-electron chi connectivity index (χ0n) is 6.42. The van der Waals surface area contributed by atoms with Crippen LogP contribution in [0.4, 0.5) is 0 Å². The Morgan fingerprint density at radius 1 is 1.82 bits per heavy atom. The molecule has 3 heteroatoms. The zero-order chi connectivity index (χ0) is 8.27. The largest absolute Gasteiger partial charge is 0.328 e. The monoisotopic (exact) mass is 152 g/mol. The Labute approximate surface area is 66.5 Å². The van der Waals surface area contributed by atoms with E-state index in [0.717, 1.165) is 19.4 Å². The number of nitrogens with two attached hydrogens (primary N) is 1. The SMILES string of the molecule is C#CC1CCCN1C(=O)CN. The fourth-order valence-corrected chi connectivity index (χ4v) is 1.36. The van der Waals surface area contributed by atoms with E-state index in [1.54, 1.807) is 4.90 Å². The second-order valence-electron chi connectivity index (χ2n) is 2.62. The molecule has 0 aromatic carbocycles. The smallest absolute Gasteiger partial charge is 0.237 e. The Morgan fingerprint density at radius 3 is 3.09 bits per heavy atom. The number of carbonyl (C=O) groups is 1. The Kier molecular flexibility index (Phi) is 2.50. The van der Waals surface area contributed by atoms with E-state index in [4.69, 9.17) is 12.2 Å². The van der Waals surface area contributed by atoms with Crippen LogP contribution in [0.2, 0.25) is 0 Å². The molecule has 0 spiro atoms. The van der Waals surface area contributed by atoms with E-state index in [2.05, 4.69) is 5.92 Å². The first kappa shape index (κ1) is 8.09. The summed E-state index contributed by atoms with van der Waals surface area (Å²) in [5, 5.41) is 0. The summed E-state index contributed by atoms with van der Waals surface area (Å²) >= 11 is 0. The standard InChI is InChI=1S/C8H12N2O/c1-2-7-4-3-5-10(7)8(11)6-9/h1,7H,3-6,9H2. The van der Waals surface area contributed by atoms with Crippen LogP contribution in [-0.2, 0) is 4.79 Å². The molecule has 60 valence electrons. The number of amides is 1. The minimum absolute atomic E-state index is 0.00829. The zero-order valence-corrected chi connectivity index (χ0v) is 6.42. The van der Waals surface area contributed by atoms with Gasteiger partial charge >= 0.3 is 0 Å². The van der Waals surface area contributed by atoms with E-state index in [1.807, 2.05) is 0 Å². The minimum atomic E-state index is -0.0366. The molecule has 1 saturated heterocycles. The molecule has 1 heterocycles. The number of hydrogen-bond acceptors (Lipinski definition) is 2. The molecule has 0 bridgehead atoms. The maximum atomic E-state index is 11.1. The number of terminal acetylenes is 1. The number of carbonyl (C=O) groups excluding carboxylic acids is 1. The first-order chi connectivity index (χ1) is 5.29. The van der Waals surface area contributed by atoms with Crippen molar-refractivity contribution in [2.24, 2.45) is 5.73 Å². The van der Waals surface area contributed by atoms with Crippen molar-refractivity contribution in [2.75, 3.05) is 13.1 Å². The van der Waals surface area contributed by atoms with Crippen molar-refractivity contribution in [3.8, 4) is 12.3 Å². The van der Waals surface area contributed by atoms with E-state index in [0.29, 0.717) is 0 Å². The van der Waals surface area contributed by atoms with E-state index >= 15 is 0 Å². The van der Waals surface area contributed by atoms with Gasteiger partial charge in [-0.3, -0.25) is 4.79 Å². The van der Waals surface area contributed by atoms with Crippen molar-refractivity contribution in [2.45, 2.75) is 18.9 Å². The van der Waals surface area contributed by atoms with Crippen LogP contribution in [0, 0.1) is 12.3 Å². The number of nitrogens with zero attached hydrogens (tertiary/aromatic N) is 1. The first-order valence-corrected chi connectivity index (χ1v) is 3.75. The molecule has 0 radical (unpaired) electrons.